The van der Waals surface area contributed by atoms with E-state index < -0.39 is 5.75 Å². The van der Waals surface area contributed by atoms with E-state index in [1.165, 1.54) is 12.1 Å². The Bertz CT molecular complexity index is 685. The standard InChI is InChI=1S/C12H4Cl6O2/c13-6-3(1-2-4(19)12(6)20)5-7(14)9(16)11(18)10(17)8(5)15/h1-2,19-20H. The molecule has 106 valence electrons. The fourth-order valence-corrected chi connectivity index (χ4v) is 3.19. The minimum atomic E-state index is -0.501. The SMILES string of the molecule is Oc1ccc(-c2c(Cl)c(Cl)c(Cl)c(Cl)c2Cl)c(Cl)c1O. The number of aromatic hydroxyl groups is 2. The van der Waals surface area contributed by atoms with Gasteiger partial charge in [0.1, 0.15) is 0 Å². The first-order chi connectivity index (χ1) is 9.27. The molecule has 0 unspecified atom stereocenters. The molecule has 0 saturated heterocycles. The first-order valence-electron chi connectivity index (χ1n) is 4.99. The summed E-state index contributed by atoms with van der Waals surface area (Å²) in [6.45, 7) is 0. The molecule has 8 heteroatoms. The highest BCUT2D eigenvalue weighted by molar-refractivity contribution is 6.56. The van der Waals surface area contributed by atoms with Gasteiger partial charge in [-0.2, -0.15) is 0 Å². The van der Waals surface area contributed by atoms with E-state index in [0.717, 1.165) is 0 Å². The zero-order valence-electron chi connectivity index (χ0n) is 9.32. The Balaban J connectivity index is 2.87. The topological polar surface area (TPSA) is 40.5 Å². The van der Waals surface area contributed by atoms with Gasteiger partial charge in [-0.1, -0.05) is 69.6 Å². The third-order valence-corrected chi connectivity index (χ3v) is 5.23. The number of phenols is 2. The molecular formula is C12H4Cl6O2. The summed E-state index contributed by atoms with van der Waals surface area (Å²) in [6.07, 6.45) is 0. The van der Waals surface area contributed by atoms with Gasteiger partial charge in [0.25, 0.3) is 0 Å². The predicted molar refractivity (Wildman–Crippen MR) is 85.3 cm³/mol. The molecule has 0 aliphatic heterocycles. The van der Waals surface area contributed by atoms with Crippen molar-refractivity contribution in [2.45, 2.75) is 0 Å². The van der Waals surface area contributed by atoms with Crippen LogP contribution < -0.4 is 0 Å². The van der Waals surface area contributed by atoms with Crippen LogP contribution in [0.2, 0.25) is 30.1 Å². The summed E-state index contributed by atoms with van der Waals surface area (Å²) in [5.74, 6) is -0.879. The van der Waals surface area contributed by atoms with E-state index in [2.05, 4.69) is 0 Å². The molecule has 2 N–H and O–H groups in total. The molecule has 0 fully saturated rings. The van der Waals surface area contributed by atoms with Crippen molar-refractivity contribution in [3.63, 3.8) is 0 Å². The Morgan fingerprint density at radius 2 is 1.05 bits per heavy atom. The number of halogens is 6. The van der Waals surface area contributed by atoms with E-state index in [1.54, 1.807) is 0 Å². The smallest absolute Gasteiger partial charge is 0.177 e. The van der Waals surface area contributed by atoms with Gasteiger partial charge >= 0.3 is 0 Å². The first-order valence-corrected chi connectivity index (χ1v) is 7.26. The Kier molecular flexibility index (Phi) is 4.75. The molecule has 20 heavy (non-hydrogen) atoms. The predicted octanol–water partition coefficient (Wildman–Crippen LogP) is 6.69. The monoisotopic (exact) mass is 390 g/mol. The highest BCUT2D eigenvalue weighted by atomic mass is 35.5. The Labute approximate surface area is 144 Å². The van der Waals surface area contributed by atoms with Gasteiger partial charge in [0.05, 0.1) is 30.1 Å². The molecule has 2 nitrogen and oxygen atoms in total. The molecule has 0 atom stereocenters. The van der Waals surface area contributed by atoms with E-state index in [-0.39, 0.29) is 47.0 Å². The number of benzene rings is 2. The summed E-state index contributed by atoms with van der Waals surface area (Å²) in [7, 11) is 0. The van der Waals surface area contributed by atoms with Crippen LogP contribution in [0.15, 0.2) is 12.1 Å². The van der Waals surface area contributed by atoms with Crippen LogP contribution >= 0.6 is 69.6 Å². The maximum absolute atomic E-state index is 9.66. The Hall–Kier alpha value is -0.220. The molecule has 0 spiro atoms. The second-order valence-electron chi connectivity index (χ2n) is 3.74. The van der Waals surface area contributed by atoms with Crippen LogP contribution in [0.3, 0.4) is 0 Å². The van der Waals surface area contributed by atoms with Crippen LogP contribution in [-0.4, -0.2) is 10.2 Å². The fraction of sp³-hybridized carbons (Fsp3) is 0. The van der Waals surface area contributed by atoms with Crippen molar-refractivity contribution < 1.29 is 10.2 Å². The second-order valence-corrected chi connectivity index (χ2v) is 6.01. The molecule has 0 heterocycles. The second kappa shape index (κ2) is 5.88. The first kappa shape index (κ1) is 16.2. The average molecular weight is 393 g/mol. The van der Waals surface area contributed by atoms with Gasteiger partial charge in [-0.15, -0.1) is 0 Å². The summed E-state index contributed by atoms with van der Waals surface area (Å²) in [6, 6.07) is 2.66. The zero-order chi connectivity index (χ0) is 15.2. The minimum absolute atomic E-state index is 0.0152. The molecule has 2 aromatic carbocycles. The van der Waals surface area contributed by atoms with Crippen LogP contribution in [0.1, 0.15) is 0 Å². The van der Waals surface area contributed by atoms with E-state index in [4.69, 9.17) is 69.6 Å². The summed E-state index contributed by atoms with van der Waals surface area (Å²) in [5, 5.41) is 19.0. The molecule has 0 radical (unpaired) electrons. The van der Waals surface area contributed by atoms with Crippen molar-refractivity contribution in [1.82, 2.24) is 0 Å². The lowest BCUT2D eigenvalue weighted by Crippen LogP contribution is -1.88. The van der Waals surface area contributed by atoms with Gasteiger partial charge in [-0.3, -0.25) is 0 Å². The minimum Gasteiger partial charge on any atom is -0.504 e. The van der Waals surface area contributed by atoms with E-state index >= 15 is 0 Å². The van der Waals surface area contributed by atoms with Crippen molar-refractivity contribution in [3.8, 4) is 22.6 Å². The van der Waals surface area contributed by atoms with Gasteiger partial charge < -0.3 is 10.2 Å². The Morgan fingerprint density at radius 1 is 0.600 bits per heavy atom. The summed E-state index contributed by atoms with van der Waals surface area (Å²) in [5.41, 5.74) is 0.477. The average Bonchev–Trinajstić information content (AvgIpc) is 2.43. The van der Waals surface area contributed by atoms with Crippen molar-refractivity contribution in [3.05, 3.63) is 42.3 Å². The van der Waals surface area contributed by atoms with Gasteiger partial charge in [-0.25, -0.2) is 0 Å². The molecule has 0 saturated carbocycles. The maximum Gasteiger partial charge on any atom is 0.177 e. The summed E-state index contributed by atoms with van der Waals surface area (Å²) in [4.78, 5) is 0. The number of hydrogen-bond donors (Lipinski definition) is 2. The van der Waals surface area contributed by atoms with Crippen LogP contribution in [0.4, 0.5) is 0 Å². The number of hydrogen-bond acceptors (Lipinski definition) is 2. The van der Waals surface area contributed by atoms with Crippen LogP contribution in [0, 0.1) is 0 Å². The lowest BCUT2D eigenvalue weighted by Gasteiger charge is -2.14. The molecule has 0 aliphatic carbocycles. The number of rotatable bonds is 1. The molecule has 0 amide bonds. The van der Waals surface area contributed by atoms with Crippen LogP contribution in [0.5, 0.6) is 11.5 Å². The maximum atomic E-state index is 9.66. The quantitative estimate of drug-likeness (QED) is 0.322. The molecule has 2 aromatic rings. The zero-order valence-corrected chi connectivity index (χ0v) is 13.9. The van der Waals surface area contributed by atoms with Crippen molar-refractivity contribution in [2.75, 3.05) is 0 Å². The summed E-state index contributed by atoms with van der Waals surface area (Å²) < 4.78 is 0. The van der Waals surface area contributed by atoms with E-state index in [9.17, 15) is 10.2 Å². The fourth-order valence-electron chi connectivity index (χ4n) is 1.59. The lowest BCUT2D eigenvalue weighted by molar-refractivity contribution is 0.404. The third kappa shape index (κ3) is 2.50. The highest BCUT2D eigenvalue weighted by Gasteiger charge is 2.23. The lowest BCUT2D eigenvalue weighted by atomic mass is 10.0. The Morgan fingerprint density at radius 3 is 1.55 bits per heavy atom. The van der Waals surface area contributed by atoms with Gasteiger partial charge in [0.2, 0.25) is 0 Å². The molecule has 0 bridgehead atoms. The van der Waals surface area contributed by atoms with Gasteiger partial charge in [0, 0.05) is 11.1 Å². The number of phenolic OH excluding ortho intramolecular Hbond substituents is 2. The molecular weight excluding hydrogens is 389 g/mol. The molecule has 0 aliphatic rings. The van der Waals surface area contributed by atoms with E-state index in [1.807, 2.05) is 0 Å². The van der Waals surface area contributed by atoms with Crippen LogP contribution in [-0.2, 0) is 0 Å². The van der Waals surface area contributed by atoms with Crippen molar-refractivity contribution in [1.29, 1.82) is 0 Å². The normalized spacial score (nSPS) is 10.9. The van der Waals surface area contributed by atoms with Crippen molar-refractivity contribution >= 4 is 69.6 Å². The van der Waals surface area contributed by atoms with Crippen molar-refractivity contribution in [2.24, 2.45) is 0 Å². The highest BCUT2D eigenvalue weighted by Crippen LogP contribution is 2.51. The third-order valence-electron chi connectivity index (χ3n) is 2.57. The van der Waals surface area contributed by atoms with Crippen LogP contribution in [0.25, 0.3) is 11.1 Å². The molecule has 2 rings (SSSR count). The summed E-state index contributed by atoms with van der Waals surface area (Å²) >= 11 is 36.0. The van der Waals surface area contributed by atoms with Gasteiger partial charge in [0.15, 0.2) is 11.5 Å². The van der Waals surface area contributed by atoms with E-state index in [0.29, 0.717) is 0 Å². The van der Waals surface area contributed by atoms with Gasteiger partial charge in [-0.05, 0) is 12.1 Å². The largest absolute Gasteiger partial charge is 0.504 e. The molecule has 0 aromatic heterocycles.